The number of methoxy groups -OCH3 is 1. The maximum Gasteiger partial charge on any atom is 0.407 e. The zero-order valence-corrected chi connectivity index (χ0v) is 18.8. The lowest BCUT2D eigenvalue weighted by molar-refractivity contribution is -0.120. The molecule has 2 rings (SSSR count). The molecule has 1 aliphatic carbocycles. The highest BCUT2D eigenvalue weighted by Gasteiger charge is 2.60. The van der Waals surface area contributed by atoms with Gasteiger partial charge in [0.1, 0.15) is 12.2 Å². The molecule has 1 saturated carbocycles. The fraction of sp³-hybridized carbons (Fsp3) is 0.864. The maximum atomic E-state index is 12.4. The topological polar surface area (TPSA) is 89.6 Å². The van der Waals surface area contributed by atoms with Gasteiger partial charge in [-0.15, -0.1) is 0 Å². The Morgan fingerprint density at radius 1 is 1.34 bits per heavy atom. The van der Waals surface area contributed by atoms with Crippen LogP contribution in [0.4, 0.5) is 4.79 Å². The molecule has 0 radical (unpaired) electrons. The molecular formula is C22H39NO6. The van der Waals surface area contributed by atoms with Crippen LogP contribution in [0.2, 0.25) is 0 Å². The van der Waals surface area contributed by atoms with Gasteiger partial charge in [0.05, 0.1) is 38.1 Å². The summed E-state index contributed by atoms with van der Waals surface area (Å²) in [5.41, 5.74) is 1.04. The molecule has 0 bridgehead atoms. The predicted molar refractivity (Wildman–Crippen MR) is 111 cm³/mol. The fourth-order valence-corrected chi connectivity index (χ4v) is 4.27. The van der Waals surface area contributed by atoms with Gasteiger partial charge < -0.3 is 29.4 Å². The van der Waals surface area contributed by atoms with Crippen LogP contribution in [-0.2, 0) is 18.9 Å². The van der Waals surface area contributed by atoms with Gasteiger partial charge in [0.15, 0.2) is 0 Å². The Labute approximate surface area is 175 Å². The van der Waals surface area contributed by atoms with Gasteiger partial charge in [0, 0.05) is 13.0 Å². The van der Waals surface area contributed by atoms with Gasteiger partial charge in [-0.2, -0.15) is 0 Å². The van der Waals surface area contributed by atoms with Crippen LogP contribution in [0.25, 0.3) is 0 Å². The fourth-order valence-electron chi connectivity index (χ4n) is 4.27. The Kier molecular flexibility index (Phi) is 8.94. The van der Waals surface area contributed by atoms with Gasteiger partial charge in [0.25, 0.3) is 0 Å². The van der Waals surface area contributed by atoms with Gasteiger partial charge in [-0.1, -0.05) is 32.4 Å². The highest BCUT2D eigenvalue weighted by atomic mass is 16.6. The smallest absolute Gasteiger partial charge is 0.407 e. The van der Waals surface area contributed by atoms with Crippen LogP contribution < -0.4 is 5.32 Å². The molecule has 1 aliphatic heterocycles. The minimum Gasteiger partial charge on any atom is -0.443 e. The van der Waals surface area contributed by atoms with Crippen LogP contribution in [0.15, 0.2) is 11.6 Å². The number of rotatable bonds is 10. The van der Waals surface area contributed by atoms with Crippen molar-refractivity contribution >= 4 is 6.09 Å². The normalized spacial score (nSPS) is 30.7. The van der Waals surface area contributed by atoms with Gasteiger partial charge in [-0.05, 0) is 38.5 Å². The second-order valence-corrected chi connectivity index (χ2v) is 9.04. The molecule has 2 fully saturated rings. The number of alkyl carbamates (subject to hydrolysis) is 1. The summed E-state index contributed by atoms with van der Waals surface area (Å²) in [6.45, 7) is 11.9. The first-order valence-electron chi connectivity index (χ1n) is 10.7. The average Bonchev–Trinajstić information content (AvgIpc) is 3.43. The number of aliphatic hydroxyl groups excluding tert-OH is 1. The van der Waals surface area contributed by atoms with Crippen LogP contribution in [0.3, 0.4) is 0 Å². The molecule has 1 amide bonds. The summed E-state index contributed by atoms with van der Waals surface area (Å²) in [4.78, 5) is 12.4. The van der Waals surface area contributed by atoms with Gasteiger partial charge in [-0.3, -0.25) is 0 Å². The predicted octanol–water partition coefficient (Wildman–Crippen LogP) is 2.91. The molecule has 7 nitrogen and oxygen atoms in total. The Morgan fingerprint density at radius 2 is 2.03 bits per heavy atom. The standard InChI is InChI=1S/C22H39NO6/c1-14(2)8-10-27-12-16(5)19-20(26-6)18(7-9-22(19)13-28-22)29-21(25)23-17(11-24)15(3)4/h8,15-20,24H,7,9-13H2,1-6H3,(H,23,25)/t16?,17-,18?,19?,20?,22-/m0/s1. The highest BCUT2D eigenvalue weighted by Crippen LogP contribution is 2.50. The van der Waals surface area contributed by atoms with Crippen LogP contribution in [0.5, 0.6) is 0 Å². The van der Waals surface area contributed by atoms with E-state index in [2.05, 4.69) is 32.2 Å². The SMILES string of the molecule is COC1C(OC(=O)N[C@@H](CO)C(C)C)CC[C@]2(CO2)C1C(C)COCC=C(C)C. The first kappa shape index (κ1) is 24.1. The molecule has 1 spiro atoms. The van der Waals surface area contributed by atoms with E-state index in [1.807, 2.05) is 13.8 Å². The van der Waals surface area contributed by atoms with Crippen molar-refractivity contribution in [2.45, 2.75) is 71.3 Å². The summed E-state index contributed by atoms with van der Waals surface area (Å²) in [5, 5.41) is 12.2. The Bertz CT molecular complexity index is 556. The number of carbonyl (C=O) groups excluding carboxylic acids is 1. The molecule has 168 valence electrons. The largest absolute Gasteiger partial charge is 0.443 e. The molecule has 0 aromatic rings. The van der Waals surface area contributed by atoms with Crippen molar-refractivity contribution in [3.8, 4) is 0 Å². The summed E-state index contributed by atoms with van der Waals surface area (Å²) >= 11 is 0. The van der Waals surface area contributed by atoms with E-state index in [-0.39, 0.29) is 48.2 Å². The van der Waals surface area contributed by atoms with Gasteiger partial charge in [0.2, 0.25) is 0 Å². The van der Waals surface area contributed by atoms with E-state index in [1.54, 1.807) is 7.11 Å². The number of allylic oxidation sites excluding steroid dienone is 1. The molecule has 7 heteroatoms. The lowest BCUT2D eigenvalue weighted by atomic mass is 9.70. The molecular weight excluding hydrogens is 374 g/mol. The third-order valence-corrected chi connectivity index (χ3v) is 6.13. The number of carbonyl (C=O) groups is 1. The van der Waals surface area contributed by atoms with Crippen LogP contribution in [-0.4, -0.2) is 68.6 Å². The van der Waals surface area contributed by atoms with E-state index in [9.17, 15) is 9.90 Å². The molecule has 0 aromatic heterocycles. The number of amides is 1. The van der Waals surface area contributed by atoms with E-state index in [0.717, 1.165) is 6.42 Å². The number of ether oxygens (including phenoxy) is 4. The zero-order valence-electron chi connectivity index (χ0n) is 18.8. The van der Waals surface area contributed by atoms with E-state index in [1.165, 1.54) is 5.57 Å². The zero-order chi connectivity index (χ0) is 21.6. The second kappa shape index (κ2) is 10.8. The van der Waals surface area contributed by atoms with E-state index >= 15 is 0 Å². The summed E-state index contributed by atoms with van der Waals surface area (Å²) < 4.78 is 23.3. The third kappa shape index (κ3) is 6.41. The minimum absolute atomic E-state index is 0.0875. The van der Waals surface area contributed by atoms with Crippen molar-refractivity contribution in [2.75, 3.05) is 33.5 Å². The van der Waals surface area contributed by atoms with Crippen molar-refractivity contribution in [2.24, 2.45) is 17.8 Å². The number of hydrogen-bond acceptors (Lipinski definition) is 6. The van der Waals surface area contributed by atoms with Gasteiger partial charge >= 0.3 is 6.09 Å². The monoisotopic (exact) mass is 413 g/mol. The molecule has 1 saturated heterocycles. The summed E-state index contributed by atoms with van der Waals surface area (Å²) in [6.07, 6.45) is 2.47. The Hall–Kier alpha value is -1.15. The van der Waals surface area contributed by atoms with Crippen LogP contribution in [0, 0.1) is 17.8 Å². The summed E-state index contributed by atoms with van der Waals surface area (Å²) in [5.74, 6) is 0.402. The molecule has 6 atom stereocenters. The molecule has 0 aromatic carbocycles. The highest BCUT2D eigenvalue weighted by molar-refractivity contribution is 5.68. The van der Waals surface area contributed by atoms with Crippen molar-refractivity contribution in [1.29, 1.82) is 0 Å². The molecule has 4 unspecified atom stereocenters. The van der Waals surface area contributed by atoms with Crippen LogP contribution >= 0.6 is 0 Å². The number of aliphatic hydroxyl groups is 1. The van der Waals surface area contributed by atoms with E-state index in [4.69, 9.17) is 18.9 Å². The summed E-state index contributed by atoms with van der Waals surface area (Å²) in [6, 6.07) is -0.330. The Balaban J connectivity index is 2.00. The lowest BCUT2D eigenvalue weighted by Crippen LogP contribution is -2.54. The molecule has 2 N–H and O–H groups in total. The van der Waals surface area contributed by atoms with Crippen LogP contribution in [0.1, 0.15) is 47.5 Å². The van der Waals surface area contributed by atoms with Crippen molar-refractivity contribution in [3.63, 3.8) is 0 Å². The molecule has 2 aliphatic rings. The van der Waals surface area contributed by atoms with Crippen molar-refractivity contribution in [3.05, 3.63) is 11.6 Å². The third-order valence-electron chi connectivity index (χ3n) is 6.13. The Morgan fingerprint density at radius 3 is 2.55 bits per heavy atom. The number of hydrogen-bond donors (Lipinski definition) is 2. The average molecular weight is 414 g/mol. The lowest BCUT2D eigenvalue weighted by Gasteiger charge is -2.43. The maximum absolute atomic E-state index is 12.4. The van der Waals surface area contributed by atoms with E-state index in [0.29, 0.717) is 26.2 Å². The van der Waals surface area contributed by atoms with Crippen molar-refractivity contribution < 1.29 is 28.8 Å². The quantitative estimate of drug-likeness (QED) is 0.325. The first-order chi connectivity index (χ1) is 13.7. The van der Waals surface area contributed by atoms with Gasteiger partial charge in [-0.25, -0.2) is 4.79 Å². The second-order valence-electron chi connectivity index (χ2n) is 9.04. The number of nitrogens with one attached hydrogen (secondary N) is 1. The molecule has 1 heterocycles. The first-order valence-corrected chi connectivity index (χ1v) is 10.7. The summed E-state index contributed by atoms with van der Waals surface area (Å²) in [7, 11) is 1.66. The minimum atomic E-state index is -0.510. The van der Waals surface area contributed by atoms with E-state index < -0.39 is 6.09 Å². The van der Waals surface area contributed by atoms with Crippen molar-refractivity contribution in [1.82, 2.24) is 5.32 Å². The molecule has 29 heavy (non-hydrogen) atoms. The number of epoxide rings is 1.